The maximum absolute atomic E-state index is 13.3. The van der Waals surface area contributed by atoms with Crippen LogP contribution in [0, 0.1) is 12.7 Å². The van der Waals surface area contributed by atoms with Crippen LogP contribution in [-0.4, -0.2) is 61.3 Å². The van der Waals surface area contributed by atoms with E-state index in [-0.39, 0.29) is 11.8 Å². The van der Waals surface area contributed by atoms with Gasteiger partial charge in [0.2, 0.25) is 0 Å². The molecule has 126 valence electrons. The number of nitrogens with zero attached hydrogens (tertiary/aromatic N) is 2. The maximum atomic E-state index is 13.3. The molecule has 0 saturated carbocycles. The quantitative estimate of drug-likeness (QED) is 0.930. The number of rotatable bonds is 3. The summed E-state index contributed by atoms with van der Waals surface area (Å²) in [6.07, 6.45) is 2.64. The number of aryl methyl sites for hydroxylation is 1. The zero-order valence-corrected chi connectivity index (χ0v) is 13.6. The third-order valence-electron chi connectivity index (χ3n) is 4.59. The molecule has 23 heavy (non-hydrogen) atoms. The first kappa shape index (κ1) is 16.2. The molecule has 1 atom stereocenters. The zero-order valence-electron chi connectivity index (χ0n) is 13.6. The van der Waals surface area contributed by atoms with Crippen LogP contribution in [0.25, 0.3) is 0 Å². The van der Waals surface area contributed by atoms with Crippen molar-refractivity contribution in [1.29, 1.82) is 0 Å². The zero-order chi connectivity index (χ0) is 16.2. The Labute approximate surface area is 136 Å². The molecule has 3 rings (SSSR count). The van der Waals surface area contributed by atoms with Gasteiger partial charge in [-0.1, -0.05) is 6.07 Å². The lowest BCUT2D eigenvalue weighted by Crippen LogP contribution is -2.51. The van der Waals surface area contributed by atoms with E-state index < -0.39 is 0 Å². The first-order chi connectivity index (χ1) is 11.1. The molecule has 0 unspecified atom stereocenters. The van der Waals surface area contributed by atoms with E-state index in [1.807, 2.05) is 6.92 Å². The number of ether oxygens (including phenoxy) is 1. The predicted octanol–water partition coefficient (Wildman–Crippen LogP) is 2.46. The van der Waals surface area contributed by atoms with Gasteiger partial charge >= 0.3 is 6.03 Å². The van der Waals surface area contributed by atoms with E-state index in [2.05, 4.69) is 10.2 Å². The number of hydrogen-bond acceptors (Lipinski definition) is 3. The standard InChI is InChI=1S/C17H24FN3O2/c1-13-4-5-14(18)11-16(13)19-17(22)21-8-6-20(7-9-21)12-15-3-2-10-23-15/h4-5,11,15H,2-3,6-10,12H2,1H3,(H,19,22)/t15-/m0/s1. The van der Waals surface area contributed by atoms with Gasteiger partial charge in [-0.25, -0.2) is 9.18 Å². The van der Waals surface area contributed by atoms with Crippen LogP contribution < -0.4 is 5.32 Å². The normalized spacial score (nSPS) is 22.3. The smallest absolute Gasteiger partial charge is 0.321 e. The van der Waals surface area contributed by atoms with Crippen LogP contribution in [0.3, 0.4) is 0 Å². The van der Waals surface area contributed by atoms with Gasteiger partial charge in [-0.3, -0.25) is 4.90 Å². The summed E-state index contributed by atoms with van der Waals surface area (Å²) < 4.78 is 19.0. The van der Waals surface area contributed by atoms with Crippen LogP contribution in [0.4, 0.5) is 14.9 Å². The Bertz CT molecular complexity index is 553. The van der Waals surface area contributed by atoms with Crippen LogP contribution in [0.5, 0.6) is 0 Å². The number of urea groups is 1. The number of halogens is 1. The van der Waals surface area contributed by atoms with E-state index >= 15 is 0 Å². The van der Waals surface area contributed by atoms with Crippen molar-refractivity contribution < 1.29 is 13.9 Å². The second kappa shape index (κ2) is 7.27. The van der Waals surface area contributed by atoms with Gasteiger partial charge in [0.15, 0.2) is 0 Å². The van der Waals surface area contributed by atoms with Gasteiger partial charge in [-0.15, -0.1) is 0 Å². The Morgan fingerprint density at radius 3 is 2.83 bits per heavy atom. The van der Waals surface area contributed by atoms with E-state index in [1.165, 1.54) is 12.1 Å². The van der Waals surface area contributed by atoms with E-state index in [4.69, 9.17) is 4.74 Å². The molecule has 2 aliphatic heterocycles. The highest BCUT2D eigenvalue weighted by Crippen LogP contribution is 2.18. The fourth-order valence-electron chi connectivity index (χ4n) is 3.13. The van der Waals surface area contributed by atoms with Crippen LogP contribution in [-0.2, 0) is 4.74 Å². The molecule has 0 aromatic heterocycles. The van der Waals surface area contributed by atoms with Gasteiger partial charge in [0.1, 0.15) is 5.82 Å². The van der Waals surface area contributed by atoms with Gasteiger partial charge in [0, 0.05) is 45.0 Å². The lowest BCUT2D eigenvalue weighted by atomic mass is 10.2. The highest BCUT2D eigenvalue weighted by atomic mass is 19.1. The second-order valence-electron chi connectivity index (χ2n) is 6.31. The minimum atomic E-state index is -0.340. The number of hydrogen-bond donors (Lipinski definition) is 1. The SMILES string of the molecule is Cc1ccc(F)cc1NC(=O)N1CCN(C[C@@H]2CCCO2)CC1. The number of benzene rings is 1. The predicted molar refractivity (Wildman–Crippen MR) is 87.1 cm³/mol. The van der Waals surface area contributed by atoms with E-state index in [1.54, 1.807) is 11.0 Å². The minimum Gasteiger partial charge on any atom is -0.377 e. The molecule has 2 saturated heterocycles. The molecule has 2 heterocycles. The summed E-state index contributed by atoms with van der Waals surface area (Å²) in [6.45, 7) is 6.78. The number of piperazine rings is 1. The first-order valence-electron chi connectivity index (χ1n) is 8.28. The van der Waals surface area contributed by atoms with Crippen molar-refractivity contribution >= 4 is 11.7 Å². The number of carbonyl (C=O) groups is 1. The van der Waals surface area contributed by atoms with Crippen molar-refractivity contribution in [2.75, 3.05) is 44.6 Å². The molecule has 0 spiro atoms. The number of anilines is 1. The second-order valence-corrected chi connectivity index (χ2v) is 6.31. The molecular weight excluding hydrogens is 297 g/mol. The number of nitrogens with one attached hydrogen (secondary N) is 1. The molecule has 0 aliphatic carbocycles. The van der Waals surface area contributed by atoms with Gasteiger partial charge in [-0.2, -0.15) is 0 Å². The molecule has 2 fully saturated rings. The Kier molecular flexibility index (Phi) is 5.13. The average molecular weight is 321 g/mol. The summed E-state index contributed by atoms with van der Waals surface area (Å²) in [5.74, 6) is -0.340. The Hall–Kier alpha value is -1.66. The molecule has 1 aromatic rings. The van der Waals surface area contributed by atoms with Crippen molar-refractivity contribution in [3.05, 3.63) is 29.6 Å². The van der Waals surface area contributed by atoms with Crippen LogP contribution in [0.1, 0.15) is 18.4 Å². The molecule has 0 bridgehead atoms. The highest BCUT2D eigenvalue weighted by Gasteiger charge is 2.25. The Morgan fingerprint density at radius 1 is 1.35 bits per heavy atom. The molecular formula is C17H24FN3O2. The van der Waals surface area contributed by atoms with Crippen LogP contribution in [0.2, 0.25) is 0 Å². The van der Waals surface area contributed by atoms with Crippen molar-refractivity contribution in [1.82, 2.24) is 9.80 Å². The summed E-state index contributed by atoms with van der Waals surface area (Å²) >= 11 is 0. The Morgan fingerprint density at radius 2 is 2.13 bits per heavy atom. The minimum absolute atomic E-state index is 0.157. The fourth-order valence-corrected chi connectivity index (χ4v) is 3.13. The molecule has 6 heteroatoms. The third kappa shape index (κ3) is 4.20. The molecule has 1 N–H and O–H groups in total. The van der Waals surface area contributed by atoms with E-state index in [0.717, 1.165) is 44.6 Å². The molecule has 1 aromatic carbocycles. The monoisotopic (exact) mass is 321 g/mol. The topological polar surface area (TPSA) is 44.8 Å². The summed E-state index contributed by atoms with van der Waals surface area (Å²) in [6, 6.07) is 4.27. The fraction of sp³-hybridized carbons (Fsp3) is 0.588. The first-order valence-corrected chi connectivity index (χ1v) is 8.28. The van der Waals surface area contributed by atoms with Crippen LogP contribution >= 0.6 is 0 Å². The third-order valence-corrected chi connectivity index (χ3v) is 4.59. The van der Waals surface area contributed by atoms with Crippen molar-refractivity contribution in [2.45, 2.75) is 25.9 Å². The molecule has 2 amide bonds. The van der Waals surface area contributed by atoms with Gasteiger partial charge in [-0.05, 0) is 37.5 Å². The summed E-state index contributed by atoms with van der Waals surface area (Å²) in [4.78, 5) is 16.5. The summed E-state index contributed by atoms with van der Waals surface area (Å²) in [7, 11) is 0. The summed E-state index contributed by atoms with van der Waals surface area (Å²) in [5, 5.41) is 2.81. The van der Waals surface area contributed by atoms with Gasteiger partial charge < -0.3 is 15.0 Å². The average Bonchev–Trinajstić information content (AvgIpc) is 3.04. The largest absolute Gasteiger partial charge is 0.377 e. The lowest BCUT2D eigenvalue weighted by Gasteiger charge is -2.35. The summed E-state index contributed by atoms with van der Waals surface area (Å²) in [5.41, 5.74) is 1.40. The maximum Gasteiger partial charge on any atom is 0.321 e. The van der Waals surface area contributed by atoms with Crippen molar-refractivity contribution in [2.24, 2.45) is 0 Å². The molecule has 5 nitrogen and oxygen atoms in total. The molecule has 2 aliphatic rings. The van der Waals surface area contributed by atoms with Gasteiger partial charge in [0.25, 0.3) is 0 Å². The molecule has 0 radical (unpaired) electrons. The Balaban J connectivity index is 1.48. The van der Waals surface area contributed by atoms with Crippen LogP contribution in [0.15, 0.2) is 18.2 Å². The van der Waals surface area contributed by atoms with E-state index in [9.17, 15) is 9.18 Å². The van der Waals surface area contributed by atoms with Crippen molar-refractivity contribution in [3.8, 4) is 0 Å². The van der Waals surface area contributed by atoms with Gasteiger partial charge in [0.05, 0.1) is 6.10 Å². The van der Waals surface area contributed by atoms with E-state index in [0.29, 0.717) is 24.9 Å². The van der Waals surface area contributed by atoms with Crippen molar-refractivity contribution in [3.63, 3.8) is 0 Å². The number of amides is 2. The highest BCUT2D eigenvalue weighted by molar-refractivity contribution is 5.90. The lowest BCUT2D eigenvalue weighted by molar-refractivity contribution is 0.0572. The number of carbonyl (C=O) groups excluding carboxylic acids is 1.